The van der Waals surface area contributed by atoms with E-state index in [1.165, 1.54) is 58.2 Å². The van der Waals surface area contributed by atoms with Crippen molar-refractivity contribution < 1.29 is 22.8 Å². The molecule has 0 spiro atoms. The first-order valence-electron chi connectivity index (χ1n) is 13.1. The zero-order chi connectivity index (χ0) is 30.2. The minimum Gasteiger partial charge on any atom is -0.349 e. The lowest BCUT2D eigenvalue weighted by atomic mass is 9.91. The quantitative estimate of drug-likeness (QED) is 0.266. The Balaban J connectivity index is 1.32. The summed E-state index contributed by atoms with van der Waals surface area (Å²) < 4.78 is 44.1. The van der Waals surface area contributed by atoms with Gasteiger partial charge in [0, 0.05) is 36.4 Å². The standard InChI is InChI=1S/C27H28ClF3N8O2S/c1-14-34-18(13-42-14)11-39-12-20(23(37-39)27(29,30)31)22-10-33-24(38(22)2)26(41)36-17-7-8-19(21(28)9-17)25(40)35-16-5-3-15(32)4-6-16/h7-10,12-13,15-16H,3-6,11,32H2,1-2H3,(H,35,40)(H,36,41)/t15-,16+. The van der Waals surface area contributed by atoms with E-state index in [1.807, 2.05) is 0 Å². The van der Waals surface area contributed by atoms with Gasteiger partial charge in [-0.3, -0.25) is 14.3 Å². The maximum atomic E-state index is 13.9. The SMILES string of the molecule is Cc1nc(Cn2cc(-c3cnc(C(=O)Nc4ccc(C(=O)N[C@H]5CC[C@@H](N)CC5)c(Cl)c4)n3C)c(C(F)(F)F)n2)cs1. The first-order valence-corrected chi connectivity index (χ1v) is 14.4. The van der Waals surface area contributed by atoms with E-state index < -0.39 is 17.8 Å². The number of aryl methyl sites for hydroxylation is 1. The molecule has 0 saturated heterocycles. The number of rotatable bonds is 7. The van der Waals surface area contributed by atoms with Gasteiger partial charge >= 0.3 is 6.18 Å². The molecule has 42 heavy (non-hydrogen) atoms. The van der Waals surface area contributed by atoms with Crippen LogP contribution in [0.25, 0.3) is 11.3 Å². The van der Waals surface area contributed by atoms with Gasteiger partial charge < -0.3 is 20.9 Å². The van der Waals surface area contributed by atoms with E-state index in [2.05, 4.69) is 25.7 Å². The van der Waals surface area contributed by atoms with Crippen LogP contribution in [0.1, 0.15) is 63.1 Å². The van der Waals surface area contributed by atoms with Gasteiger partial charge in [-0.25, -0.2) is 9.97 Å². The number of anilines is 1. The van der Waals surface area contributed by atoms with Crippen molar-refractivity contribution in [3.63, 3.8) is 0 Å². The van der Waals surface area contributed by atoms with E-state index in [0.29, 0.717) is 5.69 Å². The summed E-state index contributed by atoms with van der Waals surface area (Å²) in [5, 5.41) is 12.1. The average molecular weight is 621 g/mol. The van der Waals surface area contributed by atoms with Crippen molar-refractivity contribution in [2.24, 2.45) is 12.8 Å². The minimum absolute atomic E-state index is 0.0202. The number of benzene rings is 1. The van der Waals surface area contributed by atoms with Crippen LogP contribution in [0.3, 0.4) is 0 Å². The molecule has 1 aliphatic carbocycles. The second kappa shape index (κ2) is 11.9. The first kappa shape index (κ1) is 29.7. The lowest BCUT2D eigenvalue weighted by Crippen LogP contribution is -2.40. The molecule has 5 rings (SSSR count). The van der Waals surface area contributed by atoms with Gasteiger partial charge in [0.25, 0.3) is 11.8 Å². The zero-order valence-electron chi connectivity index (χ0n) is 22.7. The summed E-state index contributed by atoms with van der Waals surface area (Å²) >= 11 is 7.75. The highest BCUT2D eigenvalue weighted by atomic mass is 35.5. The third kappa shape index (κ3) is 6.50. The number of amides is 2. The molecule has 1 fully saturated rings. The summed E-state index contributed by atoms with van der Waals surface area (Å²) in [5.41, 5.74) is 5.80. The van der Waals surface area contributed by atoms with E-state index in [-0.39, 0.29) is 57.9 Å². The van der Waals surface area contributed by atoms with Crippen molar-refractivity contribution in [1.82, 2.24) is 29.6 Å². The third-order valence-corrected chi connectivity index (χ3v) is 8.20. The van der Waals surface area contributed by atoms with Crippen LogP contribution in [-0.4, -0.2) is 48.2 Å². The Bertz CT molecular complexity index is 1620. The van der Waals surface area contributed by atoms with Crippen LogP contribution in [0.15, 0.2) is 36.0 Å². The molecule has 3 heterocycles. The molecule has 3 aromatic heterocycles. The average Bonchev–Trinajstić information content (AvgIpc) is 3.63. The predicted octanol–water partition coefficient (Wildman–Crippen LogP) is 5.02. The van der Waals surface area contributed by atoms with E-state index in [4.69, 9.17) is 17.3 Å². The summed E-state index contributed by atoms with van der Waals surface area (Å²) in [7, 11) is 1.44. The van der Waals surface area contributed by atoms with Gasteiger partial charge in [-0.15, -0.1) is 11.3 Å². The predicted molar refractivity (Wildman–Crippen MR) is 152 cm³/mol. The van der Waals surface area contributed by atoms with Gasteiger partial charge in [0.15, 0.2) is 11.5 Å². The lowest BCUT2D eigenvalue weighted by molar-refractivity contribution is -0.141. The number of nitrogens with zero attached hydrogens (tertiary/aromatic N) is 5. The summed E-state index contributed by atoms with van der Waals surface area (Å²) in [6.45, 7) is 1.86. The Hall–Kier alpha value is -3.75. The van der Waals surface area contributed by atoms with Crippen molar-refractivity contribution in [3.8, 4) is 11.3 Å². The third-order valence-electron chi connectivity index (χ3n) is 7.07. The van der Waals surface area contributed by atoms with Gasteiger partial charge in [-0.2, -0.15) is 18.3 Å². The fraction of sp³-hybridized carbons (Fsp3) is 0.370. The smallest absolute Gasteiger partial charge is 0.349 e. The van der Waals surface area contributed by atoms with Gasteiger partial charge in [-0.1, -0.05) is 11.6 Å². The normalized spacial score (nSPS) is 17.3. The van der Waals surface area contributed by atoms with Crippen LogP contribution >= 0.6 is 22.9 Å². The van der Waals surface area contributed by atoms with Gasteiger partial charge in [0.2, 0.25) is 0 Å². The highest BCUT2D eigenvalue weighted by Gasteiger charge is 2.38. The van der Waals surface area contributed by atoms with E-state index >= 15 is 0 Å². The first-order chi connectivity index (χ1) is 19.9. The molecule has 1 aliphatic rings. The molecule has 0 aliphatic heterocycles. The number of hydrogen-bond donors (Lipinski definition) is 3. The minimum atomic E-state index is -4.74. The molecule has 4 N–H and O–H groups in total. The molecular weight excluding hydrogens is 593 g/mol. The molecular formula is C27H28ClF3N8O2S. The Morgan fingerprint density at radius 2 is 1.93 bits per heavy atom. The molecule has 222 valence electrons. The van der Waals surface area contributed by atoms with E-state index in [0.717, 1.165) is 30.7 Å². The monoisotopic (exact) mass is 620 g/mol. The summed E-state index contributed by atoms with van der Waals surface area (Å²) in [4.78, 5) is 34.2. The summed E-state index contributed by atoms with van der Waals surface area (Å²) in [6, 6.07) is 4.63. The summed E-state index contributed by atoms with van der Waals surface area (Å²) in [6.07, 6.45) is 0.982. The van der Waals surface area contributed by atoms with Crippen molar-refractivity contribution in [2.75, 3.05) is 5.32 Å². The Labute approximate surface area is 248 Å². The molecule has 0 bridgehead atoms. The maximum absolute atomic E-state index is 13.9. The zero-order valence-corrected chi connectivity index (χ0v) is 24.3. The number of halogens is 4. The van der Waals surface area contributed by atoms with Crippen LogP contribution in [0, 0.1) is 6.92 Å². The number of nitrogens with two attached hydrogens (primary N) is 1. The van der Waals surface area contributed by atoms with Crippen molar-refractivity contribution in [2.45, 2.75) is 57.4 Å². The Morgan fingerprint density at radius 3 is 2.57 bits per heavy atom. The van der Waals surface area contributed by atoms with Gasteiger partial charge in [0.05, 0.1) is 45.3 Å². The number of carbonyl (C=O) groups is 2. The highest BCUT2D eigenvalue weighted by molar-refractivity contribution is 7.09. The van der Waals surface area contributed by atoms with E-state index in [1.54, 1.807) is 12.3 Å². The summed E-state index contributed by atoms with van der Waals surface area (Å²) in [5.74, 6) is -1.12. The molecule has 0 radical (unpaired) electrons. The van der Waals surface area contributed by atoms with Gasteiger partial charge in [-0.05, 0) is 50.8 Å². The number of aromatic nitrogens is 5. The molecule has 1 saturated carbocycles. The second-order valence-electron chi connectivity index (χ2n) is 10.2. The molecule has 4 aromatic rings. The Morgan fingerprint density at radius 1 is 1.19 bits per heavy atom. The topological polar surface area (TPSA) is 133 Å². The lowest BCUT2D eigenvalue weighted by Gasteiger charge is -2.27. The van der Waals surface area contributed by atoms with Crippen molar-refractivity contribution in [1.29, 1.82) is 0 Å². The number of imidazole rings is 1. The fourth-order valence-electron chi connectivity index (χ4n) is 4.91. The number of thiazole rings is 1. The van der Waals surface area contributed by atoms with E-state index in [9.17, 15) is 22.8 Å². The number of carbonyl (C=O) groups excluding carboxylic acids is 2. The highest BCUT2D eigenvalue weighted by Crippen LogP contribution is 2.36. The number of hydrogen-bond acceptors (Lipinski definition) is 7. The molecule has 2 amide bonds. The molecule has 15 heteroatoms. The fourth-order valence-corrected chi connectivity index (χ4v) is 5.78. The van der Waals surface area contributed by atoms with Crippen LogP contribution in [0.2, 0.25) is 5.02 Å². The molecule has 1 aromatic carbocycles. The van der Waals surface area contributed by atoms with Crippen molar-refractivity contribution in [3.05, 3.63) is 68.8 Å². The van der Waals surface area contributed by atoms with Crippen LogP contribution in [0.5, 0.6) is 0 Å². The maximum Gasteiger partial charge on any atom is 0.435 e. The van der Waals surface area contributed by atoms with Gasteiger partial charge in [0.1, 0.15) is 0 Å². The van der Waals surface area contributed by atoms with Crippen LogP contribution in [0.4, 0.5) is 18.9 Å². The van der Waals surface area contributed by atoms with Crippen LogP contribution in [-0.2, 0) is 19.8 Å². The largest absolute Gasteiger partial charge is 0.435 e. The Kier molecular flexibility index (Phi) is 8.39. The number of alkyl halides is 3. The molecule has 0 unspecified atom stereocenters. The number of nitrogens with one attached hydrogen (secondary N) is 2. The molecule has 0 atom stereocenters. The van der Waals surface area contributed by atoms with Crippen molar-refractivity contribution >= 4 is 40.4 Å². The van der Waals surface area contributed by atoms with Crippen LogP contribution < -0.4 is 16.4 Å². The molecule has 10 nitrogen and oxygen atoms in total. The second-order valence-corrected chi connectivity index (χ2v) is 11.7.